The average molecular weight is 327 g/mol. The van der Waals surface area contributed by atoms with Crippen LogP contribution in [0.1, 0.15) is 31.7 Å². The fourth-order valence-electron chi connectivity index (χ4n) is 2.99. The van der Waals surface area contributed by atoms with Gasteiger partial charge in [0.1, 0.15) is 12.4 Å². The normalized spacial score (nSPS) is 16.3. The van der Waals surface area contributed by atoms with Crippen molar-refractivity contribution in [1.29, 1.82) is 0 Å². The Morgan fingerprint density at radius 3 is 2.73 bits per heavy atom. The van der Waals surface area contributed by atoms with Gasteiger partial charge in [0.25, 0.3) is 0 Å². The van der Waals surface area contributed by atoms with Crippen molar-refractivity contribution < 1.29 is 4.74 Å². The first-order valence-electron chi connectivity index (χ1n) is 8.40. The van der Waals surface area contributed by atoms with Gasteiger partial charge in [0.15, 0.2) is 0 Å². The smallest absolute Gasteiger partial charge is 0.119 e. The van der Waals surface area contributed by atoms with Crippen molar-refractivity contribution in [3.8, 4) is 5.75 Å². The summed E-state index contributed by atoms with van der Waals surface area (Å²) in [6.07, 6.45) is 5.07. The second-order valence-corrected chi connectivity index (χ2v) is 6.03. The third-order valence-corrected chi connectivity index (χ3v) is 4.49. The van der Waals surface area contributed by atoms with Gasteiger partial charge in [0, 0.05) is 6.54 Å². The number of nitrogens with zero attached hydrogens (tertiary/aromatic N) is 1. The Labute approximate surface area is 141 Å². The van der Waals surface area contributed by atoms with Crippen molar-refractivity contribution in [2.75, 3.05) is 39.8 Å². The molecular formula is C18H31ClN2O. The minimum atomic E-state index is 0. The predicted octanol–water partition coefficient (Wildman–Crippen LogP) is 3.37. The minimum Gasteiger partial charge on any atom is -0.492 e. The Hall–Kier alpha value is -0.770. The van der Waals surface area contributed by atoms with E-state index >= 15 is 0 Å². The molecule has 0 saturated carbocycles. The lowest BCUT2D eigenvalue weighted by atomic mass is 9.93. The lowest BCUT2D eigenvalue weighted by Gasteiger charge is -2.31. The lowest BCUT2D eigenvalue weighted by molar-refractivity contribution is 0.151. The summed E-state index contributed by atoms with van der Waals surface area (Å²) in [6.45, 7) is 7.64. The fourth-order valence-corrected chi connectivity index (χ4v) is 2.99. The van der Waals surface area contributed by atoms with Crippen LogP contribution >= 0.6 is 12.4 Å². The maximum absolute atomic E-state index is 5.89. The molecule has 1 fully saturated rings. The molecule has 0 bridgehead atoms. The summed E-state index contributed by atoms with van der Waals surface area (Å²) in [7, 11) is 2.04. The number of likely N-dealkylation sites (tertiary alicyclic amines) is 1. The molecule has 1 aromatic rings. The summed E-state index contributed by atoms with van der Waals surface area (Å²) >= 11 is 0. The van der Waals surface area contributed by atoms with Gasteiger partial charge in [0.05, 0.1) is 0 Å². The molecule has 0 atom stereocenters. The number of ether oxygens (including phenoxy) is 1. The topological polar surface area (TPSA) is 24.5 Å². The highest BCUT2D eigenvalue weighted by Crippen LogP contribution is 2.20. The first-order chi connectivity index (χ1) is 10.3. The van der Waals surface area contributed by atoms with E-state index in [0.717, 1.165) is 37.8 Å². The van der Waals surface area contributed by atoms with Gasteiger partial charge in [-0.2, -0.15) is 0 Å². The van der Waals surface area contributed by atoms with Crippen molar-refractivity contribution in [2.45, 2.75) is 32.6 Å². The summed E-state index contributed by atoms with van der Waals surface area (Å²) in [5, 5.41) is 3.25. The quantitative estimate of drug-likeness (QED) is 0.792. The number of hydrogen-bond acceptors (Lipinski definition) is 3. The lowest BCUT2D eigenvalue weighted by Crippen LogP contribution is -2.37. The molecule has 1 N–H and O–H groups in total. The third-order valence-electron chi connectivity index (χ3n) is 4.49. The number of nitrogens with one attached hydrogen (secondary N) is 1. The van der Waals surface area contributed by atoms with Gasteiger partial charge in [-0.05, 0) is 76.0 Å². The first-order valence-corrected chi connectivity index (χ1v) is 8.40. The molecule has 0 unspecified atom stereocenters. The SMILES string of the molecule is CCc1cccc(OCCN2CCC(CCNC)CC2)c1.Cl. The molecule has 0 radical (unpaired) electrons. The van der Waals surface area contributed by atoms with E-state index < -0.39 is 0 Å². The highest BCUT2D eigenvalue weighted by Gasteiger charge is 2.18. The van der Waals surface area contributed by atoms with Crippen LogP contribution in [-0.2, 0) is 6.42 Å². The van der Waals surface area contributed by atoms with E-state index in [0.29, 0.717) is 0 Å². The summed E-state index contributed by atoms with van der Waals surface area (Å²) in [5.74, 6) is 1.93. The van der Waals surface area contributed by atoms with E-state index in [4.69, 9.17) is 4.74 Å². The van der Waals surface area contributed by atoms with Gasteiger partial charge < -0.3 is 10.1 Å². The zero-order chi connectivity index (χ0) is 14.9. The molecule has 1 saturated heterocycles. The zero-order valence-electron chi connectivity index (χ0n) is 14.0. The van der Waals surface area contributed by atoms with Crippen molar-refractivity contribution in [3.05, 3.63) is 29.8 Å². The van der Waals surface area contributed by atoms with Crippen LogP contribution in [0.4, 0.5) is 0 Å². The van der Waals surface area contributed by atoms with Crippen molar-refractivity contribution in [3.63, 3.8) is 0 Å². The Kier molecular flexibility index (Phi) is 9.53. The second kappa shape index (κ2) is 10.9. The van der Waals surface area contributed by atoms with Gasteiger partial charge in [-0.1, -0.05) is 19.1 Å². The minimum absolute atomic E-state index is 0. The summed E-state index contributed by atoms with van der Waals surface area (Å²) in [5.41, 5.74) is 1.35. The number of hydrogen-bond donors (Lipinski definition) is 1. The van der Waals surface area contributed by atoms with Crippen LogP contribution in [-0.4, -0.2) is 44.7 Å². The molecule has 0 amide bonds. The highest BCUT2D eigenvalue weighted by molar-refractivity contribution is 5.85. The van der Waals surface area contributed by atoms with Crippen LogP contribution in [0, 0.1) is 5.92 Å². The largest absolute Gasteiger partial charge is 0.492 e. The number of aryl methyl sites for hydroxylation is 1. The highest BCUT2D eigenvalue weighted by atomic mass is 35.5. The standard InChI is InChI=1S/C18H30N2O.ClH/c1-3-16-5-4-6-18(15-16)21-14-13-20-11-8-17(9-12-20)7-10-19-2;/h4-6,15,17,19H,3,7-14H2,1-2H3;1H. The number of halogens is 1. The summed E-state index contributed by atoms with van der Waals surface area (Å²) in [6, 6.07) is 8.46. The van der Waals surface area contributed by atoms with Gasteiger partial charge in [0.2, 0.25) is 0 Å². The van der Waals surface area contributed by atoms with Crippen LogP contribution in [0.5, 0.6) is 5.75 Å². The predicted molar refractivity (Wildman–Crippen MR) is 96.3 cm³/mol. The van der Waals surface area contributed by atoms with E-state index in [1.165, 1.54) is 37.9 Å². The van der Waals surface area contributed by atoms with E-state index in [-0.39, 0.29) is 12.4 Å². The van der Waals surface area contributed by atoms with Crippen LogP contribution in [0.3, 0.4) is 0 Å². The third kappa shape index (κ3) is 6.55. The molecule has 0 spiro atoms. The van der Waals surface area contributed by atoms with Crippen molar-refractivity contribution in [2.24, 2.45) is 5.92 Å². The Morgan fingerprint density at radius 1 is 1.27 bits per heavy atom. The van der Waals surface area contributed by atoms with Gasteiger partial charge in [-0.15, -0.1) is 12.4 Å². The molecule has 22 heavy (non-hydrogen) atoms. The van der Waals surface area contributed by atoms with Crippen LogP contribution in [0.15, 0.2) is 24.3 Å². The maximum Gasteiger partial charge on any atom is 0.119 e. The molecule has 0 aliphatic carbocycles. The molecule has 1 aliphatic heterocycles. The van der Waals surface area contributed by atoms with Crippen LogP contribution in [0.2, 0.25) is 0 Å². The van der Waals surface area contributed by atoms with Crippen LogP contribution < -0.4 is 10.1 Å². The summed E-state index contributed by atoms with van der Waals surface area (Å²) in [4.78, 5) is 2.54. The number of rotatable bonds is 8. The van der Waals surface area contributed by atoms with E-state index in [1.54, 1.807) is 0 Å². The average Bonchev–Trinajstić information content (AvgIpc) is 2.54. The molecule has 4 heteroatoms. The van der Waals surface area contributed by atoms with E-state index in [9.17, 15) is 0 Å². The number of piperidine rings is 1. The molecule has 1 aromatic carbocycles. The molecule has 2 rings (SSSR count). The van der Waals surface area contributed by atoms with E-state index in [1.807, 2.05) is 7.05 Å². The van der Waals surface area contributed by atoms with Crippen molar-refractivity contribution >= 4 is 12.4 Å². The van der Waals surface area contributed by atoms with Crippen LogP contribution in [0.25, 0.3) is 0 Å². The Bertz CT molecular complexity index is 406. The second-order valence-electron chi connectivity index (χ2n) is 6.03. The summed E-state index contributed by atoms with van der Waals surface area (Å²) < 4.78 is 5.89. The zero-order valence-corrected chi connectivity index (χ0v) is 14.8. The fraction of sp³-hybridized carbons (Fsp3) is 0.667. The Balaban J connectivity index is 0.00000242. The molecule has 126 valence electrons. The van der Waals surface area contributed by atoms with Gasteiger partial charge in [-0.25, -0.2) is 0 Å². The molecule has 3 nitrogen and oxygen atoms in total. The van der Waals surface area contributed by atoms with Gasteiger partial charge >= 0.3 is 0 Å². The van der Waals surface area contributed by atoms with Gasteiger partial charge in [-0.3, -0.25) is 4.90 Å². The van der Waals surface area contributed by atoms with E-state index in [2.05, 4.69) is 41.4 Å². The molecule has 0 aromatic heterocycles. The molecule has 1 aliphatic rings. The van der Waals surface area contributed by atoms with Crippen molar-refractivity contribution in [1.82, 2.24) is 10.2 Å². The molecular weight excluding hydrogens is 296 g/mol. The number of benzene rings is 1. The Morgan fingerprint density at radius 2 is 2.05 bits per heavy atom. The monoisotopic (exact) mass is 326 g/mol. The first kappa shape index (κ1) is 19.3. The maximum atomic E-state index is 5.89. The molecule has 1 heterocycles.